The lowest BCUT2D eigenvalue weighted by atomic mass is 9.29. The fourth-order valence-electron chi connectivity index (χ4n) is 1.36. The summed E-state index contributed by atoms with van der Waals surface area (Å²) in [5.74, 6) is -25.1. The van der Waals surface area contributed by atoms with Crippen LogP contribution in [0.2, 0.25) is 0 Å². The van der Waals surface area contributed by atoms with Crippen LogP contribution in [-0.4, -0.2) is 42.4 Å². The molecule has 0 fully saturated rings. The zero-order valence-corrected chi connectivity index (χ0v) is 9.62. The molecule has 0 rings (SSSR count). The van der Waals surface area contributed by atoms with Crippen LogP contribution in [0.15, 0.2) is 0 Å². The van der Waals surface area contributed by atoms with Gasteiger partial charge in [-0.3, -0.25) is 0 Å². The predicted molar refractivity (Wildman–Crippen MR) is 39.9 cm³/mol. The maximum Gasteiger partial charge on any atom is 0.420 e. The first-order valence-corrected chi connectivity index (χ1v) is 4.67. The molecule has 23 heavy (non-hydrogen) atoms. The first-order valence-electron chi connectivity index (χ1n) is 4.67. The number of hydrogen-bond donors (Lipinski definition) is 0. The molecule has 0 bridgehead atoms. The van der Waals surface area contributed by atoms with Crippen LogP contribution in [0.5, 0.6) is 0 Å². The van der Waals surface area contributed by atoms with E-state index in [1.54, 1.807) is 0 Å². The maximum absolute atomic E-state index is 13.3. The predicted octanol–water partition coefficient (Wildman–Crippen LogP) is 5.11. The van der Waals surface area contributed by atoms with E-state index in [9.17, 15) is 70.2 Å². The van der Waals surface area contributed by atoms with Gasteiger partial charge in [0, 0.05) is 0 Å². The third-order valence-electron chi connectivity index (χ3n) is 2.63. The number of rotatable bonds is 3. The summed E-state index contributed by atoms with van der Waals surface area (Å²) in [4.78, 5) is 0. The third-order valence-corrected chi connectivity index (χ3v) is 2.63. The van der Waals surface area contributed by atoms with E-state index in [-0.39, 0.29) is 0 Å². The largest absolute Gasteiger partial charge is 0.496 e. The van der Waals surface area contributed by atoms with Gasteiger partial charge in [0.2, 0.25) is 0 Å². The van der Waals surface area contributed by atoms with E-state index in [4.69, 9.17) is 0 Å². The summed E-state index contributed by atoms with van der Waals surface area (Å²) < 4.78 is 195. The number of alkyl halides is 15. The lowest BCUT2D eigenvalue weighted by molar-refractivity contribution is -0.310. The van der Waals surface area contributed by atoms with E-state index in [1.165, 1.54) is 0 Å². The van der Waals surface area contributed by atoms with E-state index in [1.807, 2.05) is 0 Å². The smallest absolute Gasteiger partial charge is 0.420 e. The molecule has 0 aromatic rings. The molecule has 0 heterocycles. The van der Waals surface area contributed by atoms with E-state index >= 15 is 0 Å². The standard InChI is InChI=1S/C6BF16/c8-1(9,4(14,15)16)7(23,2(10,11)5(17,18)19)3(12,13)6(20,21)22/q-1. The molecular weight excluding hydrogens is 387 g/mol. The van der Waals surface area contributed by atoms with Gasteiger partial charge < -0.3 is 4.32 Å². The van der Waals surface area contributed by atoms with Crippen molar-refractivity contribution in [2.45, 2.75) is 36.0 Å². The molecule has 0 amide bonds. The van der Waals surface area contributed by atoms with Gasteiger partial charge in [-0.05, 0) is 0 Å². The molecule has 0 aromatic heterocycles. The summed E-state index contributed by atoms with van der Waals surface area (Å²) in [5.41, 5.74) is 0. The van der Waals surface area contributed by atoms with Crippen molar-refractivity contribution in [3.05, 3.63) is 0 Å². The quantitative estimate of drug-likeness (QED) is 0.467. The van der Waals surface area contributed by atoms with E-state index in [0.29, 0.717) is 0 Å². The Labute approximate surface area is 114 Å². The van der Waals surface area contributed by atoms with Crippen molar-refractivity contribution in [2.75, 3.05) is 0 Å². The second-order valence-corrected chi connectivity index (χ2v) is 4.12. The van der Waals surface area contributed by atoms with Gasteiger partial charge in [-0.2, -0.15) is 39.5 Å². The highest BCUT2D eigenvalue weighted by Crippen LogP contribution is 2.62. The molecular formula is C6BF16-. The van der Waals surface area contributed by atoms with Gasteiger partial charge in [-0.25, -0.2) is 26.3 Å². The minimum atomic E-state index is -9.63. The van der Waals surface area contributed by atoms with Gasteiger partial charge in [-0.1, -0.05) is 0 Å². The van der Waals surface area contributed by atoms with Crippen LogP contribution in [0.3, 0.4) is 0 Å². The molecule has 0 saturated carbocycles. The Morgan fingerprint density at radius 2 is 0.478 bits per heavy atom. The first-order chi connectivity index (χ1) is 9.50. The van der Waals surface area contributed by atoms with Gasteiger partial charge in [0.1, 0.15) is 0 Å². The number of halogens is 16. The van der Waals surface area contributed by atoms with Crippen molar-refractivity contribution < 1.29 is 70.2 Å². The summed E-state index contributed by atoms with van der Waals surface area (Å²) in [6.45, 7) is 0. The minimum Gasteiger partial charge on any atom is -0.496 e. The lowest BCUT2D eigenvalue weighted by Crippen LogP contribution is -2.82. The number of hydrogen-bond acceptors (Lipinski definition) is 0. The third kappa shape index (κ3) is 2.68. The van der Waals surface area contributed by atoms with Crippen LogP contribution in [0, 0.1) is 0 Å². The van der Waals surface area contributed by atoms with Gasteiger partial charge in [0.15, 0.2) is 0 Å². The summed E-state index contributed by atoms with van der Waals surface area (Å²) in [5, 5.41) is 0. The van der Waals surface area contributed by atoms with Crippen molar-refractivity contribution in [3.8, 4) is 0 Å². The summed E-state index contributed by atoms with van der Waals surface area (Å²) in [6.07, 6.45) is -33.4. The van der Waals surface area contributed by atoms with Crippen LogP contribution in [0.25, 0.3) is 0 Å². The van der Waals surface area contributed by atoms with Gasteiger partial charge in [0.25, 0.3) is 17.5 Å². The second kappa shape index (κ2) is 4.97. The monoisotopic (exact) mass is 387 g/mol. The normalized spacial score (nSPS) is 16.7. The van der Waals surface area contributed by atoms with Crippen molar-refractivity contribution in [2.24, 2.45) is 0 Å². The van der Waals surface area contributed by atoms with Crippen LogP contribution in [0.4, 0.5) is 70.2 Å². The Morgan fingerprint density at radius 3 is 0.565 bits per heavy atom. The van der Waals surface area contributed by atoms with E-state index in [2.05, 4.69) is 0 Å². The van der Waals surface area contributed by atoms with Gasteiger partial charge in [-0.15, -0.1) is 0 Å². The van der Waals surface area contributed by atoms with Crippen LogP contribution >= 0.6 is 0 Å². The topological polar surface area (TPSA) is 0 Å². The lowest BCUT2D eigenvalue weighted by Gasteiger charge is -2.49. The Hall–Kier alpha value is -1.06. The Balaban J connectivity index is 6.97. The fourth-order valence-corrected chi connectivity index (χ4v) is 1.36. The average molecular weight is 387 g/mol. The molecule has 0 atom stereocenters. The van der Waals surface area contributed by atoms with Gasteiger partial charge in [0.05, 0.1) is 0 Å². The summed E-state index contributed by atoms with van der Waals surface area (Å²) in [6, 6.07) is 0. The molecule has 0 nitrogen and oxygen atoms in total. The average Bonchev–Trinajstić information content (AvgIpc) is 2.22. The molecule has 0 aromatic carbocycles. The highest BCUT2D eigenvalue weighted by atomic mass is 19.4. The molecule has 0 saturated heterocycles. The van der Waals surface area contributed by atoms with Crippen LogP contribution in [0.1, 0.15) is 0 Å². The van der Waals surface area contributed by atoms with Gasteiger partial charge >= 0.3 is 25.0 Å². The molecule has 0 aliphatic carbocycles. The molecule has 0 N–H and O–H groups in total. The minimum absolute atomic E-state index is 7.91. The van der Waals surface area contributed by atoms with Crippen molar-refractivity contribution in [1.29, 1.82) is 0 Å². The zero-order valence-electron chi connectivity index (χ0n) is 9.62. The highest BCUT2D eigenvalue weighted by molar-refractivity contribution is 6.81. The highest BCUT2D eigenvalue weighted by Gasteiger charge is 2.92. The Kier molecular flexibility index (Phi) is 4.74. The molecule has 0 radical (unpaired) electrons. The molecule has 140 valence electrons. The van der Waals surface area contributed by atoms with Crippen molar-refractivity contribution in [3.63, 3.8) is 0 Å². The zero-order chi connectivity index (χ0) is 19.5. The molecule has 0 aliphatic heterocycles. The Bertz CT molecular complexity index is 370. The van der Waals surface area contributed by atoms with Crippen LogP contribution in [-0.2, 0) is 0 Å². The first kappa shape index (κ1) is 21.9. The second-order valence-electron chi connectivity index (χ2n) is 4.12. The SMILES string of the molecule is F[B-](C(F)(F)C(F)(F)F)(C(F)(F)C(F)(F)F)C(F)(F)C(F)(F)F. The maximum atomic E-state index is 13.3. The van der Waals surface area contributed by atoms with E-state index < -0.39 is 42.4 Å². The molecule has 0 unspecified atom stereocenters. The van der Waals surface area contributed by atoms with E-state index in [0.717, 1.165) is 0 Å². The summed E-state index contributed by atoms with van der Waals surface area (Å²) in [7, 11) is 0. The van der Waals surface area contributed by atoms with Crippen LogP contribution < -0.4 is 0 Å². The summed E-state index contributed by atoms with van der Waals surface area (Å²) >= 11 is 0. The fraction of sp³-hybridized carbons (Fsp3) is 1.00. The molecule has 17 heteroatoms. The van der Waals surface area contributed by atoms with Crippen molar-refractivity contribution in [1.82, 2.24) is 0 Å². The Morgan fingerprint density at radius 1 is 0.348 bits per heavy atom. The van der Waals surface area contributed by atoms with Crippen molar-refractivity contribution >= 4 is 6.42 Å². The molecule has 0 spiro atoms. The molecule has 0 aliphatic rings.